The summed E-state index contributed by atoms with van der Waals surface area (Å²) in [5.41, 5.74) is 1.54. The summed E-state index contributed by atoms with van der Waals surface area (Å²) in [5.74, 6) is -1.12. The number of nitrogens with zero attached hydrogens (tertiary/aromatic N) is 2. The molecule has 0 aliphatic rings. The van der Waals surface area contributed by atoms with Gasteiger partial charge in [-0.15, -0.1) is 0 Å². The van der Waals surface area contributed by atoms with Gasteiger partial charge >= 0.3 is 0 Å². The van der Waals surface area contributed by atoms with Crippen molar-refractivity contribution in [3.05, 3.63) is 52.9 Å². The highest BCUT2D eigenvalue weighted by molar-refractivity contribution is 5.34. The molecule has 1 aromatic carbocycles. The predicted octanol–water partition coefficient (Wildman–Crippen LogP) is 2.32. The van der Waals surface area contributed by atoms with Crippen molar-refractivity contribution in [2.24, 2.45) is 7.05 Å². The van der Waals surface area contributed by atoms with Crippen molar-refractivity contribution in [1.82, 2.24) is 15.1 Å². The number of hydrogen-bond donors (Lipinski definition) is 1. The molecule has 1 unspecified atom stereocenters. The fraction of sp³-hybridized carbons (Fsp3) is 0.308. The molecule has 1 aromatic heterocycles. The molecule has 0 fully saturated rings. The fourth-order valence-electron chi connectivity index (χ4n) is 2.14. The van der Waals surface area contributed by atoms with E-state index in [1.807, 2.05) is 6.92 Å². The molecule has 0 spiro atoms. The van der Waals surface area contributed by atoms with Gasteiger partial charge < -0.3 is 5.32 Å². The summed E-state index contributed by atoms with van der Waals surface area (Å²) in [4.78, 5) is 0. The molecule has 0 aliphatic heterocycles. The molecule has 0 amide bonds. The van der Waals surface area contributed by atoms with Crippen LogP contribution < -0.4 is 5.32 Å². The first-order valence-electron chi connectivity index (χ1n) is 5.66. The van der Waals surface area contributed by atoms with E-state index in [0.29, 0.717) is 0 Å². The van der Waals surface area contributed by atoms with Gasteiger partial charge in [-0.1, -0.05) is 6.07 Å². The predicted molar refractivity (Wildman–Crippen MR) is 65.2 cm³/mol. The van der Waals surface area contributed by atoms with Gasteiger partial charge in [0.1, 0.15) is 11.6 Å². The quantitative estimate of drug-likeness (QED) is 0.907. The van der Waals surface area contributed by atoms with Crippen LogP contribution in [0.15, 0.2) is 24.4 Å². The summed E-state index contributed by atoms with van der Waals surface area (Å²) >= 11 is 0. The number of hydrogen-bond acceptors (Lipinski definition) is 2. The van der Waals surface area contributed by atoms with Gasteiger partial charge in [0, 0.05) is 24.4 Å². The highest BCUT2D eigenvalue weighted by Crippen LogP contribution is 2.28. The SMILES string of the molecule is CNC(c1cn(C)nc1C)c1c(F)cccc1F. The Labute approximate surface area is 104 Å². The van der Waals surface area contributed by atoms with Gasteiger partial charge in [-0.3, -0.25) is 4.68 Å². The summed E-state index contributed by atoms with van der Waals surface area (Å²) in [6.45, 7) is 1.82. The maximum absolute atomic E-state index is 13.8. The Kier molecular flexibility index (Phi) is 3.43. The minimum atomic E-state index is -0.558. The van der Waals surface area contributed by atoms with Crippen molar-refractivity contribution < 1.29 is 8.78 Å². The molecule has 0 saturated heterocycles. The number of halogens is 2. The molecule has 1 atom stereocenters. The standard InChI is InChI=1S/C13H15F2N3/c1-8-9(7-18(3)17-8)13(16-2)12-10(14)5-4-6-11(12)15/h4-7,13,16H,1-3H3. The number of rotatable bonds is 3. The van der Waals surface area contributed by atoms with Gasteiger partial charge in [0.15, 0.2) is 0 Å². The van der Waals surface area contributed by atoms with Crippen molar-refractivity contribution in [3.8, 4) is 0 Å². The second-order valence-electron chi connectivity index (χ2n) is 4.20. The molecule has 96 valence electrons. The third-order valence-corrected chi connectivity index (χ3v) is 2.94. The van der Waals surface area contributed by atoms with E-state index in [4.69, 9.17) is 0 Å². The van der Waals surface area contributed by atoms with Gasteiger partial charge in [0.25, 0.3) is 0 Å². The van der Waals surface area contributed by atoms with Crippen molar-refractivity contribution >= 4 is 0 Å². The van der Waals surface area contributed by atoms with E-state index in [9.17, 15) is 8.78 Å². The summed E-state index contributed by atoms with van der Waals surface area (Å²) < 4.78 is 29.2. The van der Waals surface area contributed by atoms with Crippen molar-refractivity contribution in [1.29, 1.82) is 0 Å². The van der Waals surface area contributed by atoms with Crippen molar-refractivity contribution in [2.45, 2.75) is 13.0 Å². The molecule has 3 nitrogen and oxygen atoms in total. The van der Waals surface area contributed by atoms with E-state index < -0.39 is 17.7 Å². The fourth-order valence-corrected chi connectivity index (χ4v) is 2.14. The lowest BCUT2D eigenvalue weighted by atomic mass is 9.98. The minimum Gasteiger partial charge on any atom is -0.309 e. The first-order chi connectivity index (χ1) is 8.54. The number of benzene rings is 1. The van der Waals surface area contributed by atoms with Crippen LogP contribution in [0.1, 0.15) is 22.9 Å². The maximum atomic E-state index is 13.8. The molecule has 18 heavy (non-hydrogen) atoms. The molecular weight excluding hydrogens is 236 g/mol. The molecule has 5 heteroatoms. The van der Waals surface area contributed by atoms with E-state index in [1.165, 1.54) is 18.2 Å². The van der Waals surface area contributed by atoms with E-state index in [0.717, 1.165) is 11.3 Å². The zero-order valence-electron chi connectivity index (χ0n) is 10.5. The molecule has 0 saturated carbocycles. The summed E-state index contributed by atoms with van der Waals surface area (Å²) in [6.07, 6.45) is 1.77. The van der Waals surface area contributed by atoms with E-state index in [1.54, 1.807) is 25.0 Å². The van der Waals surface area contributed by atoms with Gasteiger partial charge in [0.2, 0.25) is 0 Å². The first kappa shape index (κ1) is 12.7. The van der Waals surface area contributed by atoms with Crippen LogP contribution in [0.4, 0.5) is 8.78 Å². The second kappa shape index (κ2) is 4.86. The van der Waals surface area contributed by atoms with Gasteiger partial charge in [-0.05, 0) is 26.1 Å². The highest BCUT2D eigenvalue weighted by Gasteiger charge is 2.23. The van der Waals surface area contributed by atoms with Crippen LogP contribution in [0.5, 0.6) is 0 Å². The van der Waals surface area contributed by atoms with Crippen LogP contribution in [-0.2, 0) is 7.05 Å². The van der Waals surface area contributed by atoms with Crippen LogP contribution in [0.3, 0.4) is 0 Å². The Morgan fingerprint density at radius 3 is 2.33 bits per heavy atom. The Morgan fingerprint density at radius 2 is 1.89 bits per heavy atom. The molecule has 0 bridgehead atoms. The van der Waals surface area contributed by atoms with Crippen molar-refractivity contribution in [2.75, 3.05) is 7.05 Å². The molecular formula is C13H15F2N3. The van der Waals surface area contributed by atoms with Crippen LogP contribution in [0.2, 0.25) is 0 Å². The van der Waals surface area contributed by atoms with Crippen LogP contribution in [0.25, 0.3) is 0 Å². The van der Waals surface area contributed by atoms with E-state index in [-0.39, 0.29) is 5.56 Å². The van der Waals surface area contributed by atoms with Gasteiger partial charge in [0.05, 0.1) is 11.7 Å². The Balaban J connectivity index is 2.55. The van der Waals surface area contributed by atoms with Crippen LogP contribution in [0, 0.1) is 18.6 Å². The zero-order valence-corrected chi connectivity index (χ0v) is 10.5. The third kappa shape index (κ3) is 2.13. The lowest BCUT2D eigenvalue weighted by molar-refractivity contribution is 0.521. The monoisotopic (exact) mass is 251 g/mol. The first-order valence-corrected chi connectivity index (χ1v) is 5.66. The molecule has 0 aliphatic carbocycles. The Bertz CT molecular complexity index is 543. The largest absolute Gasteiger partial charge is 0.309 e. The topological polar surface area (TPSA) is 29.9 Å². The van der Waals surface area contributed by atoms with E-state index in [2.05, 4.69) is 10.4 Å². The third-order valence-electron chi connectivity index (χ3n) is 2.94. The summed E-state index contributed by atoms with van der Waals surface area (Å²) in [7, 11) is 3.45. The molecule has 1 heterocycles. The molecule has 1 N–H and O–H groups in total. The average Bonchev–Trinajstić information content (AvgIpc) is 2.63. The number of aryl methyl sites for hydroxylation is 2. The van der Waals surface area contributed by atoms with E-state index >= 15 is 0 Å². The van der Waals surface area contributed by atoms with Crippen LogP contribution in [-0.4, -0.2) is 16.8 Å². The Hall–Kier alpha value is -1.75. The van der Waals surface area contributed by atoms with Crippen molar-refractivity contribution in [3.63, 3.8) is 0 Å². The highest BCUT2D eigenvalue weighted by atomic mass is 19.1. The molecule has 2 aromatic rings. The van der Waals surface area contributed by atoms with Gasteiger partial charge in [-0.2, -0.15) is 5.10 Å². The zero-order chi connectivity index (χ0) is 13.3. The van der Waals surface area contributed by atoms with Crippen LogP contribution >= 0.6 is 0 Å². The molecule has 0 radical (unpaired) electrons. The Morgan fingerprint density at radius 1 is 1.28 bits per heavy atom. The maximum Gasteiger partial charge on any atom is 0.131 e. The summed E-state index contributed by atoms with van der Waals surface area (Å²) in [5, 5.41) is 7.13. The summed E-state index contributed by atoms with van der Waals surface area (Å²) in [6, 6.07) is 3.33. The lowest BCUT2D eigenvalue weighted by Gasteiger charge is -2.17. The van der Waals surface area contributed by atoms with Gasteiger partial charge in [-0.25, -0.2) is 8.78 Å². The average molecular weight is 251 g/mol. The normalized spacial score (nSPS) is 12.7. The number of nitrogens with one attached hydrogen (secondary N) is 1. The molecule has 2 rings (SSSR count). The lowest BCUT2D eigenvalue weighted by Crippen LogP contribution is -2.20. The minimum absolute atomic E-state index is 0.0242. The smallest absolute Gasteiger partial charge is 0.131 e. The second-order valence-corrected chi connectivity index (χ2v) is 4.20. The number of aromatic nitrogens is 2.